The SMILES string of the molecule is CCCCn1nc(C)c2c(C(F)F)cc(-c3ccc4c(c3)OCO4)nc21. The molecule has 0 saturated heterocycles. The Balaban J connectivity index is 1.90. The molecule has 0 bridgehead atoms. The number of hydrogen-bond donors (Lipinski definition) is 0. The molecule has 2 aromatic heterocycles. The summed E-state index contributed by atoms with van der Waals surface area (Å²) in [6.45, 7) is 4.64. The normalized spacial score (nSPS) is 13.1. The monoisotopic (exact) mass is 359 g/mol. The van der Waals surface area contributed by atoms with Crippen molar-refractivity contribution in [1.82, 2.24) is 14.8 Å². The predicted octanol–water partition coefficient (Wildman–Crippen LogP) is 4.87. The molecule has 1 aliphatic heterocycles. The van der Waals surface area contributed by atoms with E-state index in [0.717, 1.165) is 12.8 Å². The van der Waals surface area contributed by atoms with Crippen molar-refractivity contribution < 1.29 is 18.3 Å². The lowest BCUT2D eigenvalue weighted by Crippen LogP contribution is -2.02. The summed E-state index contributed by atoms with van der Waals surface area (Å²) in [6, 6.07) is 6.79. The summed E-state index contributed by atoms with van der Waals surface area (Å²) < 4.78 is 39.9. The van der Waals surface area contributed by atoms with Crippen molar-refractivity contribution in [2.24, 2.45) is 0 Å². The zero-order valence-electron chi connectivity index (χ0n) is 14.6. The molecule has 136 valence electrons. The first-order valence-electron chi connectivity index (χ1n) is 8.64. The molecule has 0 spiro atoms. The fourth-order valence-corrected chi connectivity index (χ4v) is 3.23. The van der Waals surface area contributed by atoms with Gasteiger partial charge in [0.15, 0.2) is 17.1 Å². The van der Waals surface area contributed by atoms with E-state index in [1.807, 2.05) is 0 Å². The van der Waals surface area contributed by atoms with E-state index in [1.54, 1.807) is 29.8 Å². The molecule has 0 aliphatic carbocycles. The van der Waals surface area contributed by atoms with Crippen LogP contribution in [0, 0.1) is 6.92 Å². The first-order valence-corrected chi connectivity index (χ1v) is 8.64. The van der Waals surface area contributed by atoms with Gasteiger partial charge < -0.3 is 9.47 Å². The van der Waals surface area contributed by atoms with E-state index in [1.165, 1.54) is 6.07 Å². The highest BCUT2D eigenvalue weighted by atomic mass is 19.3. The van der Waals surface area contributed by atoms with Crippen molar-refractivity contribution in [2.75, 3.05) is 6.79 Å². The number of rotatable bonds is 5. The molecule has 26 heavy (non-hydrogen) atoms. The number of benzene rings is 1. The van der Waals surface area contributed by atoms with E-state index in [-0.39, 0.29) is 12.4 Å². The van der Waals surface area contributed by atoms with Crippen molar-refractivity contribution in [1.29, 1.82) is 0 Å². The Morgan fingerprint density at radius 3 is 2.77 bits per heavy atom. The molecule has 1 aromatic carbocycles. The van der Waals surface area contributed by atoms with Crippen LogP contribution in [0.5, 0.6) is 11.5 Å². The molecule has 0 saturated carbocycles. The lowest BCUT2D eigenvalue weighted by atomic mass is 10.1. The minimum Gasteiger partial charge on any atom is -0.454 e. The third-order valence-corrected chi connectivity index (χ3v) is 4.53. The van der Waals surface area contributed by atoms with Gasteiger partial charge in [-0.15, -0.1) is 0 Å². The highest BCUT2D eigenvalue weighted by molar-refractivity contribution is 5.85. The van der Waals surface area contributed by atoms with Crippen molar-refractivity contribution >= 4 is 11.0 Å². The Kier molecular flexibility index (Phi) is 4.22. The molecule has 0 atom stereocenters. The molecule has 0 amide bonds. The largest absolute Gasteiger partial charge is 0.454 e. The van der Waals surface area contributed by atoms with Crippen molar-refractivity contribution in [3.63, 3.8) is 0 Å². The molecular weight excluding hydrogens is 340 g/mol. The zero-order chi connectivity index (χ0) is 18.3. The van der Waals surface area contributed by atoms with E-state index < -0.39 is 6.43 Å². The van der Waals surface area contributed by atoms with E-state index >= 15 is 0 Å². The second-order valence-corrected chi connectivity index (χ2v) is 6.33. The third kappa shape index (κ3) is 2.77. The lowest BCUT2D eigenvalue weighted by Gasteiger charge is -2.09. The first kappa shape index (κ1) is 16.8. The maximum absolute atomic E-state index is 13.7. The van der Waals surface area contributed by atoms with Crippen LogP contribution in [0.2, 0.25) is 0 Å². The number of fused-ring (bicyclic) bond motifs is 2. The maximum Gasteiger partial charge on any atom is 0.264 e. The summed E-state index contributed by atoms with van der Waals surface area (Å²) in [7, 11) is 0. The molecule has 0 unspecified atom stereocenters. The Labute approximate surface area is 149 Å². The van der Waals surface area contributed by atoms with Crippen molar-refractivity contribution in [3.8, 4) is 22.8 Å². The molecule has 0 fully saturated rings. The highest BCUT2D eigenvalue weighted by Crippen LogP contribution is 2.38. The van der Waals surface area contributed by atoms with Gasteiger partial charge in [-0.1, -0.05) is 13.3 Å². The smallest absolute Gasteiger partial charge is 0.264 e. The highest BCUT2D eigenvalue weighted by Gasteiger charge is 2.22. The van der Waals surface area contributed by atoms with Crippen molar-refractivity contribution in [2.45, 2.75) is 39.7 Å². The molecular formula is C19H19F2N3O2. The van der Waals surface area contributed by atoms with Gasteiger partial charge in [0.1, 0.15) is 0 Å². The maximum atomic E-state index is 13.7. The van der Waals surface area contributed by atoms with Crippen molar-refractivity contribution in [3.05, 3.63) is 35.5 Å². The molecule has 3 aromatic rings. The van der Waals surface area contributed by atoms with Gasteiger partial charge in [-0.25, -0.2) is 18.4 Å². The summed E-state index contributed by atoms with van der Waals surface area (Å²) in [6.07, 6.45) is -0.698. The molecule has 3 heterocycles. The number of halogens is 2. The standard InChI is InChI=1S/C19H19F2N3O2/c1-3-4-7-24-19-17(11(2)23-24)13(18(20)21)9-14(22-19)12-5-6-15-16(8-12)26-10-25-15/h5-6,8-9,18H,3-4,7,10H2,1-2H3. The predicted molar refractivity (Wildman–Crippen MR) is 93.7 cm³/mol. The van der Waals surface area contributed by atoms with E-state index in [2.05, 4.69) is 17.0 Å². The fourth-order valence-electron chi connectivity index (χ4n) is 3.23. The van der Waals surface area contributed by atoms with Gasteiger partial charge in [0.05, 0.1) is 16.8 Å². The van der Waals surface area contributed by atoms with Crippen LogP contribution in [0.3, 0.4) is 0 Å². The average Bonchev–Trinajstić information content (AvgIpc) is 3.23. The van der Waals surface area contributed by atoms with Crippen LogP contribution >= 0.6 is 0 Å². The van der Waals surface area contributed by atoms with Crippen LogP contribution in [0.1, 0.15) is 37.4 Å². The minimum absolute atomic E-state index is 0.0390. The Morgan fingerprint density at radius 1 is 1.19 bits per heavy atom. The number of aryl methyl sites for hydroxylation is 2. The quantitative estimate of drug-likeness (QED) is 0.652. The summed E-state index contributed by atoms with van der Waals surface area (Å²) >= 11 is 0. The number of aromatic nitrogens is 3. The third-order valence-electron chi connectivity index (χ3n) is 4.53. The number of nitrogens with zero attached hydrogens (tertiary/aromatic N) is 3. The number of pyridine rings is 1. The molecule has 1 aliphatic rings. The molecule has 0 radical (unpaired) electrons. The van der Waals surface area contributed by atoms with E-state index in [4.69, 9.17) is 9.47 Å². The Bertz CT molecular complexity index is 969. The van der Waals surface area contributed by atoms with Crippen LogP contribution in [0.4, 0.5) is 8.78 Å². The molecule has 5 nitrogen and oxygen atoms in total. The van der Waals surface area contributed by atoms with Gasteiger partial charge in [-0.2, -0.15) is 5.10 Å². The van der Waals surface area contributed by atoms with E-state index in [9.17, 15) is 8.78 Å². The van der Waals surface area contributed by atoms with E-state index in [0.29, 0.717) is 46.0 Å². The molecule has 7 heteroatoms. The summed E-state index contributed by atoms with van der Waals surface area (Å²) in [4.78, 5) is 4.66. The van der Waals surface area contributed by atoms with Crippen LogP contribution in [0.25, 0.3) is 22.3 Å². The van der Waals surface area contributed by atoms with Gasteiger partial charge >= 0.3 is 0 Å². The topological polar surface area (TPSA) is 49.2 Å². The first-order chi connectivity index (χ1) is 12.6. The number of alkyl halides is 2. The van der Waals surface area contributed by atoms with Crippen LogP contribution in [-0.2, 0) is 6.54 Å². The fraction of sp³-hybridized carbons (Fsp3) is 0.368. The van der Waals surface area contributed by atoms with Crippen LogP contribution < -0.4 is 9.47 Å². The second-order valence-electron chi connectivity index (χ2n) is 6.33. The van der Waals surface area contributed by atoms with Crippen LogP contribution in [-0.4, -0.2) is 21.6 Å². The summed E-state index contributed by atoms with van der Waals surface area (Å²) in [5.74, 6) is 1.24. The number of ether oxygens (including phenoxy) is 2. The zero-order valence-corrected chi connectivity index (χ0v) is 14.6. The Hall–Kier alpha value is -2.70. The average molecular weight is 359 g/mol. The second kappa shape index (κ2) is 6.55. The van der Waals surface area contributed by atoms with Gasteiger partial charge in [0, 0.05) is 17.7 Å². The molecule has 4 rings (SSSR count). The summed E-state index contributed by atoms with van der Waals surface area (Å²) in [5.41, 5.74) is 2.23. The Morgan fingerprint density at radius 2 is 2.00 bits per heavy atom. The lowest BCUT2D eigenvalue weighted by molar-refractivity contribution is 0.153. The van der Waals surface area contributed by atoms with Gasteiger partial charge in [0.25, 0.3) is 6.43 Å². The minimum atomic E-state index is -2.60. The number of hydrogen-bond acceptors (Lipinski definition) is 4. The molecule has 0 N–H and O–H groups in total. The van der Waals surface area contributed by atoms with Gasteiger partial charge in [0.2, 0.25) is 6.79 Å². The van der Waals surface area contributed by atoms with Gasteiger partial charge in [-0.3, -0.25) is 0 Å². The number of unbranched alkanes of at least 4 members (excludes halogenated alkanes) is 1. The van der Waals surface area contributed by atoms with Gasteiger partial charge in [-0.05, 0) is 37.6 Å². The van der Waals surface area contributed by atoms with Crippen LogP contribution in [0.15, 0.2) is 24.3 Å². The summed E-state index contributed by atoms with van der Waals surface area (Å²) in [5, 5.41) is 4.88.